The van der Waals surface area contributed by atoms with E-state index in [-0.39, 0.29) is 49.6 Å². The topological polar surface area (TPSA) is 181 Å². The number of rotatable bonds is 28. The molecule has 5 rings (SSSR count). The summed E-state index contributed by atoms with van der Waals surface area (Å²) in [6.07, 6.45) is 19.1. The van der Waals surface area contributed by atoms with Crippen molar-refractivity contribution in [2.24, 2.45) is 0 Å². The van der Waals surface area contributed by atoms with Crippen LogP contribution < -0.4 is 10.2 Å². The summed E-state index contributed by atoms with van der Waals surface area (Å²) in [6, 6.07) is 11.0. The number of fused-ring (bicyclic) bond motifs is 2. The Bertz CT molecular complexity index is 2430. The number of aryl methyl sites for hydroxylation is 1. The molecule has 3 heterocycles. The Morgan fingerprint density at radius 3 is 2.22 bits per heavy atom. The largest absolute Gasteiger partial charge is 0.378 e. The minimum Gasteiger partial charge on any atom is -0.378 e. The zero-order chi connectivity index (χ0) is 50.2. The van der Waals surface area contributed by atoms with E-state index in [9.17, 15) is 32.1 Å². The van der Waals surface area contributed by atoms with Gasteiger partial charge in [0.05, 0.1) is 57.2 Å². The van der Waals surface area contributed by atoms with Gasteiger partial charge in [-0.1, -0.05) is 62.3 Å². The van der Waals surface area contributed by atoms with Gasteiger partial charge in [0.25, 0.3) is 21.9 Å². The van der Waals surface area contributed by atoms with Crippen LogP contribution in [0.3, 0.4) is 0 Å². The maximum Gasteiger partial charge on any atom is 0.335 e. The number of benzene rings is 2. The number of amides is 3. The Labute approximate surface area is 434 Å². The number of nitrogens with one attached hydrogen (secondary N) is 1. The minimum atomic E-state index is -4.05. The number of allylic oxidation sites excluding steroid dienone is 8. The SMILES string of the molecule is Cc1ccc2c(c1)C(C)(CCCCS(=O)(=O)O)C(/C=C/C=C/C=C/C=C1\N(C)c3cc(I)cc(I)c3C1(C)C)=[N+]2CCCCCC(=O)NCCOCCOCCOCCC(=O)ON1C(=O)CCC1=O. The summed E-state index contributed by atoms with van der Waals surface area (Å²) in [7, 11) is -1.92. The highest BCUT2D eigenvalue weighted by Gasteiger charge is 2.47. The van der Waals surface area contributed by atoms with E-state index in [2.05, 4.69) is 149 Å². The van der Waals surface area contributed by atoms with Crippen molar-refractivity contribution in [3.63, 3.8) is 0 Å². The van der Waals surface area contributed by atoms with E-state index in [1.165, 1.54) is 29.7 Å². The Morgan fingerprint density at radius 2 is 1.51 bits per heavy atom. The molecular weight excluding hydrogens is 1130 g/mol. The molecule has 376 valence electrons. The number of imide groups is 1. The highest BCUT2D eigenvalue weighted by atomic mass is 127. The third-order valence-electron chi connectivity index (χ3n) is 12.4. The van der Waals surface area contributed by atoms with Crippen LogP contribution >= 0.6 is 45.2 Å². The van der Waals surface area contributed by atoms with E-state index >= 15 is 0 Å². The first-order valence-electron chi connectivity index (χ1n) is 23.6. The van der Waals surface area contributed by atoms with Crippen LogP contribution in [0.5, 0.6) is 0 Å². The van der Waals surface area contributed by atoms with Crippen LogP contribution in [0.15, 0.2) is 78.6 Å². The first kappa shape index (κ1) is 56.1. The van der Waals surface area contributed by atoms with Crippen molar-refractivity contribution in [2.75, 3.05) is 70.4 Å². The zero-order valence-corrected chi connectivity index (χ0v) is 45.5. The summed E-state index contributed by atoms with van der Waals surface area (Å²) in [6.45, 7) is 11.6. The fraction of sp³-hybridized carbons (Fsp3) is 0.510. The lowest BCUT2D eigenvalue weighted by Gasteiger charge is -2.24. The molecule has 2 aromatic carbocycles. The molecule has 2 N–H and O–H groups in total. The van der Waals surface area contributed by atoms with Gasteiger partial charge in [0.1, 0.15) is 6.54 Å². The predicted octanol–water partition coefficient (Wildman–Crippen LogP) is 8.32. The van der Waals surface area contributed by atoms with Gasteiger partial charge in [0.15, 0.2) is 5.71 Å². The summed E-state index contributed by atoms with van der Waals surface area (Å²) in [5.41, 5.74) is 7.91. The lowest BCUT2D eigenvalue weighted by molar-refractivity contribution is -0.438. The van der Waals surface area contributed by atoms with Crippen LogP contribution in [-0.4, -0.2) is 118 Å². The Hall–Kier alpha value is -3.80. The lowest BCUT2D eigenvalue weighted by Crippen LogP contribution is -2.32. The number of nitrogens with zero attached hydrogens (tertiary/aromatic N) is 3. The first-order chi connectivity index (χ1) is 32.8. The average Bonchev–Trinajstić information content (AvgIpc) is 3.79. The van der Waals surface area contributed by atoms with Gasteiger partial charge >= 0.3 is 5.97 Å². The van der Waals surface area contributed by atoms with Crippen LogP contribution in [0, 0.1) is 14.1 Å². The van der Waals surface area contributed by atoms with Crippen molar-refractivity contribution < 1.29 is 55.8 Å². The van der Waals surface area contributed by atoms with Crippen molar-refractivity contribution in [1.29, 1.82) is 0 Å². The van der Waals surface area contributed by atoms with Gasteiger partial charge in [-0.2, -0.15) is 13.0 Å². The molecule has 0 spiro atoms. The van der Waals surface area contributed by atoms with Gasteiger partial charge in [-0.05, 0) is 109 Å². The molecule has 1 saturated heterocycles. The molecule has 0 aliphatic carbocycles. The Kier molecular flexibility index (Phi) is 21.6. The number of halogens is 2. The third-order valence-corrected chi connectivity index (χ3v) is 14.7. The standard InChI is InChI=1S/C51H66I2N4O11S/c1-37-19-20-41-39(34-37)51(4,24-13-15-33-69(62,63)64)44(17-11-8-6-7-10-16-43-50(2,3)49-40(53)35-38(52)36-42(49)55(43)5)56(41)26-14-9-12-18-45(58)54-25-28-66-30-32-67-31-29-65-27-23-48(61)68-57-46(59)21-22-47(57)60/h6-8,10-11,16-17,19-20,34-36H,9,12-15,18,21-33H2,1-5H3,(H-,54,58,62,63,64)/p+1. The van der Waals surface area contributed by atoms with Crippen molar-refractivity contribution >= 4 is 96.1 Å². The van der Waals surface area contributed by atoms with Gasteiger partial charge in [-0.3, -0.25) is 18.9 Å². The Morgan fingerprint density at radius 1 is 0.841 bits per heavy atom. The maximum absolute atomic E-state index is 12.6. The van der Waals surface area contributed by atoms with Gasteiger partial charge in [0.2, 0.25) is 11.6 Å². The number of anilines is 1. The van der Waals surface area contributed by atoms with E-state index in [4.69, 9.17) is 19.0 Å². The number of likely N-dealkylation sites (N-methyl/N-ethyl adjacent to an activating group) is 1. The lowest BCUT2D eigenvalue weighted by atomic mass is 9.75. The van der Waals surface area contributed by atoms with Crippen LogP contribution in [0.25, 0.3) is 0 Å². The van der Waals surface area contributed by atoms with Crippen LogP contribution in [0.4, 0.5) is 11.4 Å². The molecule has 3 aliphatic rings. The molecule has 1 atom stereocenters. The molecule has 0 radical (unpaired) electrons. The molecule has 15 nitrogen and oxygen atoms in total. The van der Waals surface area contributed by atoms with E-state index < -0.39 is 33.3 Å². The minimum absolute atomic E-state index is 0.0326. The molecule has 18 heteroatoms. The molecule has 3 amide bonds. The molecular formula is C51H67I2N4O11S+. The van der Waals surface area contributed by atoms with Gasteiger partial charge in [0, 0.05) is 86.5 Å². The highest BCUT2D eigenvalue weighted by molar-refractivity contribution is 14.1. The zero-order valence-electron chi connectivity index (χ0n) is 40.4. The predicted molar refractivity (Wildman–Crippen MR) is 283 cm³/mol. The number of hydrogen-bond acceptors (Lipinski definition) is 11. The van der Waals surface area contributed by atoms with E-state index in [0.29, 0.717) is 63.7 Å². The molecule has 0 bridgehead atoms. The number of hydroxylamine groups is 2. The fourth-order valence-electron chi connectivity index (χ4n) is 8.95. The molecule has 1 fully saturated rings. The second-order valence-corrected chi connectivity index (χ2v) is 22.1. The summed E-state index contributed by atoms with van der Waals surface area (Å²) in [5, 5.41) is 3.43. The molecule has 2 aromatic rings. The summed E-state index contributed by atoms with van der Waals surface area (Å²) >= 11 is 4.83. The van der Waals surface area contributed by atoms with Gasteiger partial charge in [-0.15, -0.1) is 5.06 Å². The number of unbranched alkanes of at least 4 members (excludes halogenated alkanes) is 3. The third kappa shape index (κ3) is 16.1. The second-order valence-electron chi connectivity index (χ2n) is 18.1. The van der Waals surface area contributed by atoms with Crippen molar-refractivity contribution in [3.05, 3.63) is 102 Å². The second kappa shape index (κ2) is 26.6. The summed E-state index contributed by atoms with van der Waals surface area (Å²) in [4.78, 5) is 54.6. The number of carbonyl (C=O) groups is 4. The van der Waals surface area contributed by atoms with Gasteiger partial charge < -0.3 is 29.3 Å². The van der Waals surface area contributed by atoms with Crippen molar-refractivity contribution in [1.82, 2.24) is 10.4 Å². The molecule has 69 heavy (non-hydrogen) atoms. The molecule has 1 unspecified atom stereocenters. The quantitative estimate of drug-likeness (QED) is 0.0208. The monoisotopic (exact) mass is 1200 g/mol. The molecule has 3 aliphatic heterocycles. The first-order valence-corrected chi connectivity index (χ1v) is 27.3. The number of hydrogen-bond donors (Lipinski definition) is 2. The van der Waals surface area contributed by atoms with Crippen LogP contribution in [0.1, 0.15) is 102 Å². The van der Waals surface area contributed by atoms with E-state index in [1.807, 2.05) is 18.2 Å². The van der Waals surface area contributed by atoms with E-state index in [0.717, 1.165) is 42.8 Å². The van der Waals surface area contributed by atoms with Gasteiger partial charge in [-0.25, -0.2) is 4.79 Å². The normalized spacial score (nSPS) is 18.5. The van der Waals surface area contributed by atoms with Crippen molar-refractivity contribution in [3.8, 4) is 0 Å². The maximum atomic E-state index is 12.6. The van der Waals surface area contributed by atoms with E-state index in [1.54, 1.807) is 0 Å². The highest BCUT2D eigenvalue weighted by Crippen LogP contribution is 2.49. The van der Waals surface area contributed by atoms with Crippen LogP contribution in [-0.2, 0) is 59.2 Å². The molecule has 0 saturated carbocycles. The Balaban J connectivity index is 1.07. The van der Waals surface area contributed by atoms with Crippen LogP contribution in [0.2, 0.25) is 0 Å². The molecule has 0 aromatic heterocycles. The number of ether oxygens (including phenoxy) is 3. The fourth-order valence-corrected chi connectivity index (χ4v) is 12.0. The smallest absolute Gasteiger partial charge is 0.335 e. The van der Waals surface area contributed by atoms with Crippen molar-refractivity contribution in [2.45, 2.75) is 103 Å². The number of carbonyl (C=O) groups excluding carboxylic acids is 4. The average molecular weight is 1200 g/mol. The summed E-state index contributed by atoms with van der Waals surface area (Å²) in [5.74, 6) is -2.07. The summed E-state index contributed by atoms with van der Waals surface area (Å²) < 4.78 is 53.8.